The molecule has 0 bridgehead atoms. The Labute approximate surface area is 132 Å². The molecule has 1 fully saturated rings. The maximum absolute atomic E-state index is 11.9. The van der Waals surface area contributed by atoms with Crippen molar-refractivity contribution in [2.75, 3.05) is 20.1 Å². The monoisotopic (exact) mass is 308 g/mol. The second kappa shape index (κ2) is 7.28. The quantitative estimate of drug-likeness (QED) is 0.832. The second-order valence-corrected chi connectivity index (χ2v) is 6.81. The van der Waals surface area contributed by atoms with Gasteiger partial charge < -0.3 is 9.80 Å². The van der Waals surface area contributed by atoms with Crippen LogP contribution in [-0.4, -0.2) is 41.9 Å². The van der Waals surface area contributed by atoms with Crippen molar-refractivity contribution in [3.63, 3.8) is 0 Å². The molecule has 0 saturated carbocycles. The molecule has 1 aromatic rings. The van der Waals surface area contributed by atoms with Crippen LogP contribution in [0.4, 0.5) is 0 Å². The molecule has 1 aliphatic rings. The van der Waals surface area contributed by atoms with Gasteiger partial charge in [0, 0.05) is 37.1 Å². The first kappa shape index (κ1) is 16.3. The lowest BCUT2D eigenvalue weighted by atomic mass is 9.96. The maximum Gasteiger partial charge on any atom is 0.222 e. The van der Waals surface area contributed by atoms with Gasteiger partial charge in [-0.15, -0.1) is 0 Å². The molecular weight excluding hydrogens is 284 g/mol. The van der Waals surface area contributed by atoms with Crippen LogP contribution in [-0.2, 0) is 11.3 Å². The summed E-state index contributed by atoms with van der Waals surface area (Å²) in [7, 11) is 2.14. The predicted molar refractivity (Wildman–Crippen MR) is 87.4 cm³/mol. The number of likely N-dealkylation sites (tertiary alicyclic amines) is 1. The fourth-order valence-corrected chi connectivity index (χ4v) is 3.26. The van der Waals surface area contributed by atoms with Gasteiger partial charge in [0.1, 0.15) is 0 Å². The van der Waals surface area contributed by atoms with Gasteiger partial charge in [0.15, 0.2) is 0 Å². The molecule has 0 N–H and O–H groups in total. The summed E-state index contributed by atoms with van der Waals surface area (Å²) in [5.41, 5.74) is 1.23. The van der Waals surface area contributed by atoms with Crippen molar-refractivity contribution in [3.8, 4) is 0 Å². The van der Waals surface area contributed by atoms with E-state index in [0.29, 0.717) is 24.3 Å². The van der Waals surface area contributed by atoms with Crippen LogP contribution in [0, 0.1) is 5.92 Å². The van der Waals surface area contributed by atoms with Crippen molar-refractivity contribution in [2.45, 2.75) is 39.3 Å². The molecule has 4 heteroatoms. The third kappa shape index (κ3) is 4.72. The zero-order valence-corrected chi connectivity index (χ0v) is 13.9. The summed E-state index contributed by atoms with van der Waals surface area (Å²) in [6, 6.07) is 8.32. The lowest BCUT2D eigenvalue weighted by Crippen LogP contribution is -2.46. The summed E-state index contributed by atoms with van der Waals surface area (Å²) >= 11 is 6.03. The molecular formula is C17H25ClN2O. The lowest BCUT2D eigenvalue weighted by Gasteiger charge is -2.37. The smallest absolute Gasteiger partial charge is 0.222 e. The number of benzene rings is 1. The molecule has 1 atom stereocenters. The Hall–Kier alpha value is -1.06. The number of hydrogen-bond donors (Lipinski definition) is 0. The molecule has 0 aromatic heterocycles. The van der Waals surface area contributed by atoms with Crippen molar-refractivity contribution in [1.29, 1.82) is 0 Å². The molecule has 0 spiro atoms. The number of carbonyl (C=O) groups is 1. The predicted octanol–water partition coefficient (Wildman–Crippen LogP) is 3.42. The van der Waals surface area contributed by atoms with E-state index >= 15 is 0 Å². The highest BCUT2D eigenvalue weighted by Gasteiger charge is 2.27. The SMILES string of the molecule is CC(C)N1CC(CN(C)Cc2cccc(Cl)c2)CCC1=O. The molecule has 1 aliphatic heterocycles. The van der Waals surface area contributed by atoms with Gasteiger partial charge in [-0.25, -0.2) is 0 Å². The Bertz CT molecular complexity index is 489. The number of hydrogen-bond acceptors (Lipinski definition) is 2. The van der Waals surface area contributed by atoms with E-state index in [9.17, 15) is 4.79 Å². The van der Waals surface area contributed by atoms with E-state index < -0.39 is 0 Å². The van der Waals surface area contributed by atoms with Crippen LogP contribution >= 0.6 is 11.6 Å². The van der Waals surface area contributed by atoms with Crippen LogP contribution in [0.1, 0.15) is 32.3 Å². The third-order valence-corrected chi connectivity index (χ3v) is 4.31. The molecule has 3 nitrogen and oxygen atoms in total. The van der Waals surface area contributed by atoms with Gasteiger partial charge in [-0.05, 0) is 50.9 Å². The van der Waals surface area contributed by atoms with E-state index in [1.54, 1.807) is 0 Å². The molecule has 21 heavy (non-hydrogen) atoms. The van der Waals surface area contributed by atoms with Crippen molar-refractivity contribution in [2.24, 2.45) is 5.92 Å². The van der Waals surface area contributed by atoms with Crippen molar-refractivity contribution < 1.29 is 4.79 Å². The summed E-state index contributed by atoms with van der Waals surface area (Å²) in [5, 5.41) is 0.787. The number of halogens is 1. The molecule has 1 unspecified atom stereocenters. The van der Waals surface area contributed by atoms with Gasteiger partial charge in [-0.2, -0.15) is 0 Å². The third-order valence-electron chi connectivity index (χ3n) is 4.08. The maximum atomic E-state index is 11.9. The summed E-state index contributed by atoms with van der Waals surface area (Å²) in [5.74, 6) is 0.869. The van der Waals surface area contributed by atoms with Crippen molar-refractivity contribution in [3.05, 3.63) is 34.9 Å². The van der Waals surface area contributed by atoms with Gasteiger partial charge in [0.25, 0.3) is 0 Å². The highest BCUT2D eigenvalue weighted by atomic mass is 35.5. The molecule has 2 rings (SSSR count). The van der Waals surface area contributed by atoms with E-state index in [1.165, 1.54) is 5.56 Å². The first-order chi connectivity index (χ1) is 9.95. The molecule has 0 radical (unpaired) electrons. The van der Waals surface area contributed by atoms with Crippen molar-refractivity contribution in [1.82, 2.24) is 9.80 Å². The molecule has 1 saturated heterocycles. The van der Waals surface area contributed by atoms with Gasteiger partial charge in [-0.1, -0.05) is 23.7 Å². The zero-order valence-electron chi connectivity index (χ0n) is 13.2. The molecule has 1 aromatic carbocycles. The first-order valence-electron chi connectivity index (χ1n) is 7.68. The highest BCUT2D eigenvalue weighted by Crippen LogP contribution is 2.21. The normalized spacial score (nSPS) is 19.6. The van der Waals surface area contributed by atoms with Crippen LogP contribution in [0.15, 0.2) is 24.3 Å². The second-order valence-electron chi connectivity index (χ2n) is 6.37. The van der Waals surface area contributed by atoms with Gasteiger partial charge in [0.05, 0.1) is 0 Å². The summed E-state index contributed by atoms with van der Waals surface area (Å²) in [4.78, 5) is 16.2. The van der Waals surface area contributed by atoms with Gasteiger partial charge in [-0.3, -0.25) is 4.79 Å². The summed E-state index contributed by atoms with van der Waals surface area (Å²) in [6.45, 7) is 6.98. The standard InChI is InChI=1S/C17H25ClN2O/c1-13(2)20-12-15(7-8-17(20)21)11-19(3)10-14-5-4-6-16(18)9-14/h4-6,9,13,15H,7-8,10-12H2,1-3H3. The Morgan fingerprint density at radius 2 is 2.19 bits per heavy atom. The van der Waals surface area contributed by atoms with Crippen LogP contribution in [0.5, 0.6) is 0 Å². The molecule has 0 aliphatic carbocycles. The Morgan fingerprint density at radius 1 is 1.43 bits per heavy atom. The van der Waals surface area contributed by atoms with Crippen molar-refractivity contribution >= 4 is 17.5 Å². The molecule has 1 heterocycles. The number of nitrogens with zero attached hydrogens (tertiary/aromatic N) is 2. The Kier molecular flexibility index (Phi) is 5.65. The minimum absolute atomic E-state index is 0.304. The van der Waals surface area contributed by atoms with E-state index in [-0.39, 0.29) is 0 Å². The fraction of sp³-hybridized carbons (Fsp3) is 0.588. The van der Waals surface area contributed by atoms with Crippen LogP contribution in [0.2, 0.25) is 5.02 Å². The van der Waals surface area contributed by atoms with E-state index in [2.05, 4.69) is 31.9 Å². The van der Waals surface area contributed by atoms with E-state index in [4.69, 9.17) is 11.6 Å². The number of carbonyl (C=O) groups excluding carboxylic acids is 1. The van der Waals surface area contributed by atoms with E-state index in [0.717, 1.165) is 31.1 Å². The topological polar surface area (TPSA) is 23.6 Å². The highest BCUT2D eigenvalue weighted by molar-refractivity contribution is 6.30. The van der Waals surface area contributed by atoms with Gasteiger partial charge in [0.2, 0.25) is 5.91 Å². The van der Waals surface area contributed by atoms with E-state index in [1.807, 2.05) is 23.1 Å². The zero-order chi connectivity index (χ0) is 15.4. The average molecular weight is 309 g/mol. The van der Waals surface area contributed by atoms with Gasteiger partial charge >= 0.3 is 0 Å². The number of piperidine rings is 1. The Balaban J connectivity index is 1.88. The minimum atomic E-state index is 0.304. The molecule has 116 valence electrons. The first-order valence-corrected chi connectivity index (χ1v) is 8.06. The fourth-order valence-electron chi connectivity index (χ4n) is 3.04. The Morgan fingerprint density at radius 3 is 2.86 bits per heavy atom. The number of rotatable bonds is 5. The van der Waals surface area contributed by atoms with Crippen LogP contribution < -0.4 is 0 Å². The largest absolute Gasteiger partial charge is 0.340 e. The average Bonchev–Trinajstić information content (AvgIpc) is 2.40. The van der Waals surface area contributed by atoms with Crippen LogP contribution in [0.3, 0.4) is 0 Å². The minimum Gasteiger partial charge on any atom is -0.340 e. The summed E-state index contributed by atoms with van der Waals surface area (Å²) in [6.07, 6.45) is 1.69. The molecule has 1 amide bonds. The lowest BCUT2D eigenvalue weighted by molar-refractivity contribution is -0.136. The van der Waals surface area contributed by atoms with Crippen LogP contribution in [0.25, 0.3) is 0 Å². The number of amides is 1. The summed E-state index contributed by atoms with van der Waals surface area (Å²) < 4.78 is 0.